The second-order valence-electron chi connectivity index (χ2n) is 9.02. The molecule has 1 aromatic heterocycles. The van der Waals surface area contributed by atoms with Gasteiger partial charge in [0.1, 0.15) is 0 Å². The number of piperazine rings is 1. The molecule has 0 radical (unpaired) electrons. The largest absolute Gasteiger partial charge is 0.368 e. The molecular weight excluding hydrogens is 446 g/mol. The van der Waals surface area contributed by atoms with Crippen LogP contribution in [-0.2, 0) is 4.79 Å². The maximum atomic E-state index is 13.0. The van der Waals surface area contributed by atoms with Crippen molar-refractivity contribution >= 4 is 28.8 Å². The number of halogens is 1. The van der Waals surface area contributed by atoms with Crippen LogP contribution in [0.15, 0.2) is 67.0 Å². The van der Waals surface area contributed by atoms with Gasteiger partial charge in [-0.15, -0.1) is 0 Å². The third kappa shape index (κ3) is 5.03. The van der Waals surface area contributed by atoms with E-state index < -0.39 is 0 Å². The van der Waals surface area contributed by atoms with Gasteiger partial charge in [0.2, 0.25) is 5.91 Å². The van der Waals surface area contributed by atoms with E-state index in [2.05, 4.69) is 52.3 Å². The summed E-state index contributed by atoms with van der Waals surface area (Å²) in [6.45, 7) is 7.42. The fourth-order valence-electron chi connectivity index (χ4n) is 4.74. The molecule has 176 valence electrons. The maximum absolute atomic E-state index is 13.0. The normalized spacial score (nSPS) is 17.1. The summed E-state index contributed by atoms with van der Waals surface area (Å²) in [5, 5.41) is 5.27. The molecule has 0 spiro atoms. The van der Waals surface area contributed by atoms with Gasteiger partial charge < -0.3 is 9.80 Å². The lowest BCUT2D eigenvalue weighted by Crippen LogP contribution is -2.51. The van der Waals surface area contributed by atoms with Crippen LogP contribution in [0.5, 0.6) is 0 Å². The van der Waals surface area contributed by atoms with E-state index in [9.17, 15) is 4.79 Å². The van der Waals surface area contributed by atoms with Crippen molar-refractivity contribution in [2.24, 2.45) is 0 Å². The second-order valence-corrected chi connectivity index (χ2v) is 9.46. The van der Waals surface area contributed by atoms with Gasteiger partial charge in [-0.2, -0.15) is 5.10 Å². The molecule has 0 aliphatic carbocycles. The van der Waals surface area contributed by atoms with E-state index in [0.29, 0.717) is 6.54 Å². The Bertz CT molecular complexity index is 1180. The number of carbonyl (C=O) groups excluding carboxylic acids is 1. The van der Waals surface area contributed by atoms with Crippen molar-refractivity contribution in [2.75, 3.05) is 50.7 Å². The molecule has 2 aromatic carbocycles. The highest BCUT2D eigenvalue weighted by atomic mass is 35.5. The minimum Gasteiger partial charge on any atom is -0.368 e. The minimum atomic E-state index is 0.219. The van der Waals surface area contributed by atoms with Gasteiger partial charge in [0.15, 0.2) is 0 Å². The van der Waals surface area contributed by atoms with Gasteiger partial charge in [0.25, 0.3) is 0 Å². The summed E-state index contributed by atoms with van der Waals surface area (Å²) < 4.78 is 1.91. The Hall–Kier alpha value is -3.09. The van der Waals surface area contributed by atoms with E-state index in [-0.39, 0.29) is 5.91 Å². The molecule has 6 nitrogen and oxygen atoms in total. The number of hydrogen-bond acceptors (Lipinski definition) is 4. The zero-order valence-corrected chi connectivity index (χ0v) is 20.3. The Morgan fingerprint density at radius 2 is 1.82 bits per heavy atom. The summed E-state index contributed by atoms with van der Waals surface area (Å²) in [5.74, 6) is 0.219. The molecule has 2 aliphatic heterocycles. The Kier molecular flexibility index (Phi) is 6.70. The Balaban J connectivity index is 1.13. The summed E-state index contributed by atoms with van der Waals surface area (Å²) in [7, 11) is 0. The van der Waals surface area contributed by atoms with Gasteiger partial charge in [-0.25, -0.2) is 4.68 Å². The van der Waals surface area contributed by atoms with E-state index in [4.69, 9.17) is 11.6 Å². The van der Waals surface area contributed by atoms with Gasteiger partial charge in [-0.05, 0) is 48.7 Å². The fourth-order valence-corrected chi connectivity index (χ4v) is 4.91. The van der Waals surface area contributed by atoms with E-state index in [1.165, 1.54) is 16.8 Å². The molecule has 1 fully saturated rings. The van der Waals surface area contributed by atoms with Gasteiger partial charge in [0.05, 0.1) is 18.4 Å². The van der Waals surface area contributed by atoms with Crippen molar-refractivity contribution in [3.63, 3.8) is 0 Å². The van der Waals surface area contributed by atoms with Gasteiger partial charge in [-0.1, -0.05) is 41.9 Å². The number of aromatic nitrogens is 2. The number of aryl methyl sites for hydroxylation is 1. The molecule has 0 bridgehead atoms. The molecular formula is C27H30ClN5O. The minimum absolute atomic E-state index is 0.219. The van der Waals surface area contributed by atoms with Gasteiger partial charge in [0, 0.05) is 61.7 Å². The molecule has 0 atom stereocenters. The highest BCUT2D eigenvalue weighted by Crippen LogP contribution is 2.26. The number of benzene rings is 2. The third-order valence-electron chi connectivity index (χ3n) is 6.77. The average molecular weight is 476 g/mol. The standard InChI is InChI=1S/C27H30ClN5O/c1-21-7-8-24(28)17-26(21)31-13-15-32(16-14-31)27(34)20-30-11-9-22(10-12-30)23-18-29-33(19-23)25-5-3-2-4-6-25/h2-9,17-19H,10-16,20H2,1H3. The summed E-state index contributed by atoms with van der Waals surface area (Å²) >= 11 is 6.20. The Morgan fingerprint density at radius 1 is 1.03 bits per heavy atom. The molecule has 2 aliphatic rings. The number of hydrogen-bond donors (Lipinski definition) is 0. The van der Waals surface area contributed by atoms with Crippen LogP contribution >= 0.6 is 11.6 Å². The van der Waals surface area contributed by atoms with E-state index in [0.717, 1.165) is 62.0 Å². The van der Waals surface area contributed by atoms with Crippen LogP contribution in [0.2, 0.25) is 5.02 Å². The molecule has 1 saturated heterocycles. The smallest absolute Gasteiger partial charge is 0.236 e. The topological polar surface area (TPSA) is 44.6 Å². The van der Waals surface area contributed by atoms with Crippen molar-refractivity contribution in [2.45, 2.75) is 13.3 Å². The van der Waals surface area contributed by atoms with Crippen LogP contribution < -0.4 is 4.90 Å². The summed E-state index contributed by atoms with van der Waals surface area (Å²) in [4.78, 5) is 19.5. The lowest BCUT2D eigenvalue weighted by molar-refractivity contribution is -0.132. The van der Waals surface area contributed by atoms with Crippen LogP contribution in [0.3, 0.4) is 0 Å². The zero-order chi connectivity index (χ0) is 23.5. The van der Waals surface area contributed by atoms with E-state index >= 15 is 0 Å². The second kappa shape index (κ2) is 10.0. The molecule has 0 saturated carbocycles. The Labute approximate surface area is 206 Å². The van der Waals surface area contributed by atoms with Crippen LogP contribution in [0.25, 0.3) is 11.3 Å². The maximum Gasteiger partial charge on any atom is 0.236 e. The molecule has 7 heteroatoms. The number of anilines is 1. The van der Waals surface area contributed by atoms with Gasteiger partial charge in [-0.3, -0.25) is 9.69 Å². The quantitative estimate of drug-likeness (QED) is 0.552. The molecule has 5 rings (SSSR count). The molecule has 3 heterocycles. The predicted molar refractivity (Wildman–Crippen MR) is 138 cm³/mol. The van der Waals surface area contributed by atoms with Gasteiger partial charge >= 0.3 is 0 Å². The zero-order valence-electron chi connectivity index (χ0n) is 19.5. The summed E-state index contributed by atoms with van der Waals surface area (Å²) in [5.41, 5.74) is 5.90. The first-order valence-corrected chi connectivity index (χ1v) is 12.3. The molecule has 1 amide bonds. The SMILES string of the molecule is Cc1ccc(Cl)cc1N1CCN(C(=O)CN2CC=C(c3cnn(-c4ccccc4)c3)CC2)CC1. The van der Waals surface area contributed by atoms with Crippen molar-refractivity contribution in [3.8, 4) is 5.69 Å². The first kappa shape index (κ1) is 22.7. The highest BCUT2D eigenvalue weighted by Gasteiger charge is 2.24. The predicted octanol–water partition coefficient (Wildman–Crippen LogP) is 4.27. The fraction of sp³-hybridized carbons (Fsp3) is 0.333. The molecule has 0 N–H and O–H groups in total. The average Bonchev–Trinajstić information content (AvgIpc) is 3.37. The van der Waals surface area contributed by atoms with Crippen LogP contribution in [0, 0.1) is 6.92 Å². The Morgan fingerprint density at radius 3 is 2.56 bits per heavy atom. The van der Waals surface area contributed by atoms with Crippen molar-refractivity contribution in [1.82, 2.24) is 19.6 Å². The highest BCUT2D eigenvalue weighted by molar-refractivity contribution is 6.30. The van der Waals surface area contributed by atoms with Crippen molar-refractivity contribution < 1.29 is 4.79 Å². The number of rotatable bonds is 5. The number of nitrogens with zero attached hydrogens (tertiary/aromatic N) is 5. The number of amides is 1. The summed E-state index contributed by atoms with van der Waals surface area (Å²) in [6.07, 6.45) is 7.18. The van der Waals surface area contributed by atoms with Crippen LogP contribution in [0.4, 0.5) is 5.69 Å². The van der Waals surface area contributed by atoms with Crippen LogP contribution in [-0.4, -0.2) is 71.3 Å². The third-order valence-corrected chi connectivity index (χ3v) is 7.01. The molecule has 0 unspecified atom stereocenters. The monoisotopic (exact) mass is 475 g/mol. The molecule has 34 heavy (non-hydrogen) atoms. The number of para-hydroxylation sites is 1. The summed E-state index contributed by atoms with van der Waals surface area (Å²) in [6, 6.07) is 16.1. The van der Waals surface area contributed by atoms with Crippen molar-refractivity contribution in [3.05, 3.63) is 83.2 Å². The molecule has 3 aromatic rings. The number of carbonyl (C=O) groups is 1. The van der Waals surface area contributed by atoms with Crippen LogP contribution in [0.1, 0.15) is 17.5 Å². The van der Waals surface area contributed by atoms with Crippen molar-refractivity contribution in [1.29, 1.82) is 0 Å². The lowest BCUT2D eigenvalue weighted by Gasteiger charge is -2.38. The van der Waals surface area contributed by atoms with E-state index in [1.54, 1.807) is 0 Å². The van der Waals surface area contributed by atoms with E-state index in [1.807, 2.05) is 46.1 Å². The first-order chi connectivity index (χ1) is 16.6. The first-order valence-electron chi connectivity index (χ1n) is 11.9. The lowest BCUT2D eigenvalue weighted by atomic mass is 10.0.